The van der Waals surface area contributed by atoms with Crippen LogP contribution in [0.1, 0.15) is 12.0 Å². The molecule has 1 heterocycles. The summed E-state index contributed by atoms with van der Waals surface area (Å²) < 4.78 is 0. The molecule has 0 saturated carbocycles. The van der Waals surface area contributed by atoms with E-state index in [1.807, 2.05) is 35.2 Å². The molecule has 4 nitrogen and oxygen atoms in total. The molecule has 0 bridgehead atoms. The molecule has 2 amide bonds. The molecule has 1 aromatic carbocycles. The monoisotopic (exact) mass is 272 g/mol. The summed E-state index contributed by atoms with van der Waals surface area (Å²) in [4.78, 5) is 27.2. The van der Waals surface area contributed by atoms with Gasteiger partial charge in [0.05, 0.1) is 0 Å². The third-order valence-electron chi connectivity index (χ3n) is 3.59. The summed E-state index contributed by atoms with van der Waals surface area (Å²) in [5, 5.41) is 0. The molecule has 0 radical (unpaired) electrons. The minimum atomic E-state index is -0.0543. The zero-order chi connectivity index (χ0) is 14.4. The predicted octanol–water partition coefficient (Wildman–Crippen LogP) is 1.48. The molecule has 1 aliphatic heterocycles. The Hall–Kier alpha value is -2.10. The van der Waals surface area contributed by atoms with Crippen LogP contribution in [0.5, 0.6) is 0 Å². The SMILES string of the molecule is C=CC(=O)N1CCN(C(=O)CCc2ccccc2)CC1. The van der Waals surface area contributed by atoms with Crippen LogP contribution in [-0.4, -0.2) is 47.8 Å². The summed E-state index contributed by atoms with van der Waals surface area (Å²) in [6.07, 6.45) is 2.62. The molecule has 0 unspecified atom stereocenters. The van der Waals surface area contributed by atoms with E-state index in [1.165, 1.54) is 11.6 Å². The molecule has 0 spiro atoms. The van der Waals surface area contributed by atoms with Gasteiger partial charge in [-0.2, -0.15) is 0 Å². The Morgan fingerprint density at radius 2 is 1.65 bits per heavy atom. The first-order valence-electron chi connectivity index (χ1n) is 6.94. The Morgan fingerprint density at radius 3 is 2.25 bits per heavy atom. The predicted molar refractivity (Wildman–Crippen MR) is 78.1 cm³/mol. The molecular weight excluding hydrogens is 252 g/mol. The lowest BCUT2D eigenvalue weighted by molar-refractivity contribution is -0.137. The van der Waals surface area contributed by atoms with E-state index >= 15 is 0 Å². The maximum Gasteiger partial charge on any atom is 0.246 e. The fourth-order valence-electron chi connectivity index (χ4n) is 2.36. The van der Waals surface area contributed by atoms with Crippen molar-refractivity contribution in [1.29, 1.82) is 0 Å². The van der Waals surface area contributed by atoms with E-state index in [-0.39, 0.29) is 11.8 Å². The van der Waals surface area contributed by atoms with Crippen molar-refractivity contribution < 1.29 is 9.59 Å². The van der Waals surface area contributed by atoms with Crippen LogP contribution in [0.4, 0.5) is 0 Å². The van der Waals surface area contributed by atoms with Crippen LogP contribution < -0.4 is 0 Å². The number of hydrogen-bond acceptors (Lipinski definition) is 2. The fourth-order valence-corrected chi connectivity index (χ4v) is 2.36. The number of hydrogen-bond donors (Lipinski definition) is 0. The lowest BCUT2D eigenvalue weighted by Crippen LogP contribution is -2.50. The van der Waals surface area contributed by atoms with Crippen LogP contribution in [-0.2, 0) is 16.0 Å². The smallest absolute Gasteiger partial charge is 0.246 e. The number of benzene rings is 1. The fraction of sp³-hybridized carbons (Fsp3) is 0.375. The second-order valence-electron chi connectivity index (χ2n) is 4.90. The molecule has 0 aliphatic carbocycles. The topological polar surface area (TPSA) is 40.6 Å². The van der Waals surface area contributed by atoms with Gasteiger partial charge in [-0.05, 0) is 18.1 Å². The molecule has 106 valence electrons. The Labute approximate surface area is 119 Å². The lowest BCUT2D eigenvalue weighted by Gasteiger charge is -2.34. The molecule has 1 saturated heterocycles. The van der Waals surface area contributed by atoms with E-state index in [0.717, 1.165) is 6.42 Å². The number of piperazine rings is 1. The highest BCUT2D eigenvalue weighted by Crippen LogP contribution is 2.08. The van der Waals surface area contributed by atoms with Crippen LogP contribution in [0.3, 0.4) is 0 Å². The van der Waals surface area contributed by atoms with Gasteiger partial charge < -0.3 is 9.80 Å². The Morgan fingerprint density at radius 1 is 1.05 bits per heavy atom. The van der Waals surface area contributed by atoms with Crippen LogP contribution in [0.2, 0.25) is 0 Å². The van der Waals surface area contributed by atoms with Gasteiger partial charge in [0.15, 0.2) is 0 Å². The number of amides is 2. The molecular formula is C16H20N2O2. The van der Waals surface area contributed by atoms with Gasteiger partial charge in [0, 0.05) is 32.6 Å². The third-order valence-corrected chi connectivity index (χ3v) is 3.59. The highest BCUT2D eigenvalue weighted by Gasteiger charge is 2.22. The van der Waals surface area contributed by atoms with Gasteiger partial charge in [0.2, 0.25) is 11.8 Å². The summed E-state index contributed by atoms with van der Waals surface area (Å²) in [5.74, 6) is 0.112. The molecule has 1 fully saturated rings. The highest BCUT2D eigenvalue weighted by atomic mass is 16.2. The first-order chi connectivity index (χ1) is 9.70. The number of aryl methyl sites for hydroxylation is 1. The van der Waals surface area contributed by atoms with E-state index in [1.54, 1.807) is 4.90 Å². The van der Waals surface area contributed by atoms with Gasteiger partial charge in [-0.3, -0.25) is 9.59 Å². The van der Waals surface area contributed by atoms with Crippen molar-refractivity contribution in [3.05, 3.63) is 48.6 Å². The van der Waals surface area contributed by atoms with Crippen LogP contribution in [0.25, 0.3) is 0 Å². The number of nitrogens with zero attached hydrogens (tertiary/aromatic N) is 2. The van der Waals surface area contributed by atoms with Crippen molar-refractivity contribution in [2.45, 2.75) is 12.8 Å². The normalized spacial score (nSPS) is 15.0. The number of carbonyl (C=O) groups excluding carboxylic acids is 2. The third kappa shape index (κ3) is 3.70. The van der Waals surface area contributed by atoms with Crippen molar-refractivity contribution in [3.8, 4) is 0 Å². The Bertz CT molecular complexity index is 477. The summed E-state index contributed by atoms with van der Waals surface area (Å²) in [5.41, 5.74) is 1.18. The van der Waals surface area contributed by atoms with E-state index in [0.29, 0.717) is 32.6 Å². The van der Waals surface area contributed by atoms with Gasteiger partial charge in [-0.15, -0.1) is 0 Å². The maximum atomic E-state index is 12.1. The molecule has 0 N–H and O–H groups in total. The lowest BCUT2D eigenvalue weighted by atomic mass is 10.1. The second-order valence-corrected chi connectivity index (χ2v) is 4.90. The second kappa shape index (κ2) is 6.89. The first-order valence-corrected chi connectivity index (χ1v) is 6.94. The molecule has 2 rings (SSSR count). The van der Waals surface area contributed by atoms with Crippen molar-refractivity contribution in [1.82, 2.24) is 9.80 Å². The van der Waals surface area contributed by atoms with E-state index < -0.39 is 0 Å². The molecule has 0 aromatic heterocycles. The van der Waals surface area contributed by atoms with Gasteiger partial charge >= 0.3 is 0 Å². The van der Waals surface area contributed by atoms with Gasteiger partial charge in [-0.1, -0.05) is 36.9 Å². The first kappa shape index (κ1) is 14.3. The summed E-state index contributed by atoms with van der Waals surface area (Å²) >= 11 is 0. The zero-order valence-electron chi connectivity index (χ0n) is 11.6. The Kier molecular flexibility index (Phi) is 4.93. The van der Waals surface area contributed by atoms with Gasteiger partial charge in [0.25, 0.3) is 0 Å². The summed E-state index contributed by atoms with van der Waals surface area (Å²) in [6.45, 7) is 5.92. The average Bonchev–Trinajstić information content (AvgIpc) is 2.53. The molecule has 0 atom stereocenters. The maximum absolute atomic E-state index is 12.1. The van der Waals surface area contributed by atoms with Gasteiger partial charge in [0.1, 0.15) is 0 Å². The quantitative estimate of drug-likeness (QED) is 0.779. The number of rotatable bonds is 4. The summed E-state index contributed by atoms with van der Waals surface area (Å²) in [7, 11) is 0. The highest BCUT2D eigenvalue weighted by molar-refractivity contribution is 5.87. The van der Waals surface area contributed by atoms with Gasteiger partial charge in [-0.25, -0.2) is 0 Å². The van der Waals surface area contributed by atoms with Crippen LogP contribution in [0.15, 0.2) is 43.0 Å². The van der Waals surface area contributed by atoms with E-state index in [4.69, 9.17) is 0 Å². The molecule has 20 heavy (non-hydrogen) atoms. The van der Waals surface area contributed by atoms with E-state index in [2.05, 4.69) is 6.58 Å². The molecule has 1 aromatic rings. The zero-order valence-corrected chi connectivity index (χ0v) is 11.6. The average molecular weight is 272 g/mol. The van der Waals surface area contributed by atoms with Crippen molar-refractivity contribution in [2.24, 2.45) is 0 Å². The van der Waals surface area contributed by atoms with E-state index in [9.17, 15) is 9.59 Å². The Balaban J connectivity index is 1.77. The van der Waals surface area contributed by atoms with Crippen molar-refractivity contribution >= 4 is 11.8 Å². The standard InChI is InChI=1S/C16H20N2O2/c1-2-15(19)17-10-12-18(13-11-17)16(20)9-8-14-6-4-3-5-7-14/h2-7H,1,8-13H2. The largest absolute Gasteiger partial charge is 0.339 e. The van der Waals surface area contributed by atoms with Crippen LogP contribution >= 0.6 is 0 Å². The number of carbonyl (C=O) groups is 2. The molecule has 4 heteroatoms. The minimum Gasteiger partial charge on any atom is -0.339 e. The minimum absolute atomic E-state index is 0.0543. The van der Waals surface area contributed by atoms with Crippen molar-refractivity contribution in [2.75, 3.05) is 26.2 Å². The van der Waals surface area contributed by atoms with Crippen molar-refractivity contribution in [3.63, 3.8) is 0 Å². The molecule has 1 aliphatic rings. The summed E-state index contributed by atoms with van der Waals surface area (Å²) in [6, 6.07) is 10.0. The van der Waals surface area contributed by atoms with Crippen LogP contribution in [0, 0.1) is 0 Å².